The number of halogens is 4. The van der Waals surface area contributed by atoms with E-state index in [0.717, 1.165) is 6.07 Å². The number of carboxylic acid groups (broad SMARTS) is 1. The summed E-state index contributed by atoms with van der Waals surface area (Å²) >= 11 is 1.25. The largest absolute Gasteiger partial charge is 0.481 e. The Balaban J connectivity index is 1.52. The number of hydroxylamine groups is 2. The van der Waals surface area contributed by atoms with Crippen molar-refractivity contribution in [3.05, 3.63) is 62.7 Å². The predicted octanol–water partition coefficient (Wildman–Crippen LogP) is 4.07. The number of fused-ring (bicyclic) bond motifs is 1. The first-order chi connectivity index (χ1) is 20.7. The topological polar surface area (TPSA) is 117 Å². The Morgan fingerprint density at radius 1 is 1.30 bits per heavy atom. The zero-order valence-electron chi connectivity index (χ0n) is 24.6. The SMILES string of the molecule is CCOC(=O)C1=C(CN2CC(F)(F)[C@@H]3[C@H]2CON3CCC(C)(C)C(=O)O)NC(c2nccs2)=N[C@@H]1c1ccc(F)c(F)c1C. The number of aromatic nitrogens is 1. The third-order valence-corrected chi connectivity index (χ3v) is 9.01. The first kappa shape index (κ1) is 32.0. The Bertz CT molecular complexity index is 1500. The molecule has 3 aliphatic heterocycles. The van der Waals surface area contributed by atoms with Gasteiger partial charge in [-0.2, -0.15) is 5.06 Å². The molecule has 0 bridgehead atoms. The molecule has 1 aromatic carbocycles. The van der Waals surface area contributed by atoms with E-state index in [1.807, 2.05) is 0 Å². The minimum atomic E-state index is -3.23. The second-order valence-electron chi connectivity index (χ2n) is 11.6. The van der Waals surface area contributed by atoms with Crippen LogP contribution in [-0.4, -0.2) is 88.7 Å². The fraction of sp³-hybridized carbons (Fsp3) is 0.517. The lowest BCUT2D eigenvalue weighted by atomic mass is 9.89. The lowest BCUT2D eigenvalue weighted by molar-refractivity contribution is -0.186. The predicted molar refractivity (Wildman–Crippen MR) is 152 cm³/mol. The molecule has 2 saturated heterocycles. The molecule has 2 fully saturated rings. The summed E-state index contributed by atoms with van der Waals surface area (Å²) < 4.78 is 65.3. The molecule has 238 valence electrons. The molecule has 0 amide bonds. The number of aliphatic carboxylic acids is 1. The monoisotopic (exact) mass is 639 g/mol. The van der Waals surface area contributed by atoms with E-state index in [9.17, 15) is 23.5 Å². The fourth-order valence-corrected chi connectivity index (χ4v) is 6.29. The Hall–Kier alpha value is -3.40. The van der Waals surface area contributed by atoms with E-state index in [0.29, 0.717) is 5.01 Å². The van der Waals surface area contributed by atoms with Crippen LogP contribution in [0.3, 0.4) is 0 Å². The van der Waals surface area contributed by atoms with Gasteiger partial charge in [0.2, 0.25) is 0 Å². The highest BCUT2D eigenvalue weighted by atomic mass is 32.1. The summed E-state index contributed by atoms with van der Waals surface area (Å²) in [4.78, 5) is 41.1. The molecule has 1 aromatic heterocycles. The lowest BCUT2D eigenvalue weighted by Crippen LogP contribution is -2.46. The highest BCUT2D eigenvalue weighted by molar-refractivity contribution is 7.11. The smallest absolute Gasteiger partial charge is 0.338 e. The van der Waals surface area contributed by atoms with E-state index in [4.69, 9.17) is 9.57 Å². The second-order valence-corrected chi connectivity index (χ2v) is 12.5. The maximum Gasteiger partial charge on any atom is 0.338 e. The maximum absolute atomic E-state index is 15.6. The number of carboxylic acids is 1. The van der Waals surface area contributed by atoms with E-state index in [1.165, 1.54) is 48.1 Å². The molecule has 0 unspecified atom stereocenters. The molecule has 5 rings (SSSR count). The third kappa shape index (κ3) is 5.97. The first-order valence-corrected chi connectivity index (χ1v) is 15.0. The lowest BCUT2D eigenvalue weighted by Gasteiger charge is -2.31. The zero-order valence-corrected chi connectivity index (χ0v) is 25.4. The number of benzene rings is 1. The van der Waals surface area contributed by atoms with Crippen molar-refractivity contribution in [1.82, 2.24) is 20.3 Å². The van der Waals surface area contributed by atoms with Gasteiger partial charge in [-0.1, -0.05) is 6.07 Å². The number of nitrogens with zero attached hydrogens (tertiary/aromatic N) is 4. The molecule has 4 heterocycles. The van der Waals surface area contributed by atoms with Crippen molar-refractivity contribution in [2.75, 3.05) is 32.8 Å². The van der Waals surface area contributed by atoms with Gasteiger partial charge < -0.3 is 15.2 Å². The number of esters is 1. The van der Waals surface area contributed by atoms with Crippen LogP contribution in [0.4, 0.5) is 17.6 Å². The van der Waals surface area contributed by atoms with Crippen LogP contribution in [0.5, 0.6) is 0 Å². The summed E-state index contributed by atoms with van der Waals surface area (Å²) in [6.07, 6.45) is 1.64. The quantitative estimate of drug-likeness (QED) is 0.293. The van der Waals surface area contributed by atoms with Gasteiger partial charge in [-0.25, -0.2) is 27.3 Å². The summed E-state index contributed by atoms with van der Waals surface area (Å²) in [6, 6.07) is -0.999. The second kappa shape index (κ2) is 12.2. The number of hydrogen-bond donors (Lipinski definition) is 2. The molecular weight excluding hydrogens is 606 g/mol. The molecule has 0 saturated carbocycles. The highest BCUT2D eigenvalue weighted by Crippen LogP contribution is 2.42. The van der Waals surface area contributed by atoms with Crippen molar-refractivity contribution in [2.24, 2.45) is 10.4 Å². The van der Waals surface area contributed by atoms with Gasteiger partial charge in [0.15, 0.2) is 22.5 Å². The molecule has 3 atom stereocenters. The van der Waals surface area contributed by atoms with E-state index >= 15 is 8.78 Å². The average molecular weight is 640 g/mol. The number of rotatable bonds is 10. The molecule has 3 aliphatic rings. The maximum atomic E-state index is 15.6. The van der Waals surface area contributed by atoms with E-state index in [-0.39, 0.29) is 61.0 Å². The summed E-state index contributed by atoms with van der Waals surface area (Å²) in [6.45, 7) is 5.10. The average Bonchev–Trinajstić information content (AvgIpc) is 3.70. The minimum Gasteiger partial charge on any atom is -0.481 e. The van der Waals surface area contributed by atoms with Crippen molar-refractivity contribution in [3.8, 4) is 0 Å². The number of carbonyl (C=O) groups excluding carboxylic acids is 1. The van der Waals surface area contributed by atoms with Crippen LogP contribution in [0.2, 0.25) is 0 Å². The van der Waals surface area contributed by atoms with Gasteiger partial charge in [-0.3, -0.25) is 19.5 Å². The Morgan fingerprint density at radius 3 is 2.70 bits per heavy atom. The van der Waals surface area contributed by atoms with Gasteiger partial charge in [0.05, 0.1) is 36.8 Å². The van der Waals surface area contributed by atoms with Crippen LogP contribution in [0, 0.1) is 24.0 Å². The molecule has 2 N–H and O–H groups in total. The molecule has 44 heavy (non-hydrogen) atoms. The number of aliphatic imine (C=N–C) groups is 1. The molecule has 2 aromatic rings. The molecular formula is C29H33F4N5O5S. The van der Waals surface area contributed by atoms with E-state index in [1.54, 1.807) is 18.5 Å². The van der Waals surface area contributed by atoms with Crippen LogP contribution in [0.15, 0.2) is 40.0 Å². The number of likely N-dealkylation sites (tertiary alicyclic amines) is 1. The van der Waals surface area contributed by atoms with Crippen molar-refractivity contribution in [3.63, 3.8) is 0 Å². The van der Waals surface area contributed by atoms with Gasteiger partial charge in [0.1, 0.15) is 12.1 Å². The molecule has 15 heteroatoms. The molecule has 0 aliphatic carbocycles. The van der Waals surface area contributed by atoms with Crippen molar-refractivity contribution in [1.29, 1.82) is 0 Å². The standard InChI is InChI=1S/C29H33F4N5O5S/c1-5-42-26(39)20-18(12-37-14-29(32,33)23-19(37)13-43-38(23)10-8-28(3,4)27(40)41)35-24(25-34-9-11-44-25)36-22(20)16-6-7-17(30)21(31)15(16)2/h6-7,9,11,19,22-23H,5,8,10,12-14H2,1-4H3,(H,35,36)(H,40,41)/t19-,22-,23+/m1/s1. The normalized spacial score (nSPS) is 23.8. The van der Waals surface area contributed by atoms with E-state index < -0.39 is 59.6 Å². The molecule has 10 nitrogen and oxygen atoms in total. The number of amidine groups is 1. The van der Waals surface area contributed by atoms with Crippen molar-refractivity contribution >= 4 is 29.1 Å². The molecule has 0 radical (unpaired) electrons. The fourth-order valence-electron chi connectivity index (χ4n) is 5.70. The van der Waals surface area contributed by atoms with Gasteiger partial charge in [-0.15, -0.1) is 11.3 Å². The third-order valence-electron chi connectivity index (χ3n) is 8.23. The van der Waals surface area contributed by atoms with Crippen molar-refractivity contribution in [2.45, 2.75) is 58.2 Å². The van der Waals surface area contributed by atoms with E-state index in [2.05, 4.69) is 15.3 Å². The molecule has 0 spiro atoms. The van der Waals surface area contributed by atoms with Gasteiger partial charge in [0, 0.05) is 30.4 Å². The summed E-state index contributed by atoms with van der Waals surface area (Å²) in [5.74, 6) is -6.97. The zero-order chi connectivity index (χ0) is 32.0. The number of alkyl halides is 2. The Morgan fingerprint density at radius 2 is 2.05 bits per heavy atom. The van der Waals surface area contributed by atoms with Crippen LogP contribution in [0.25, 0.3) is 0 Å². The first-order valence-electron chi connectivity index (χ1n) is 14.1. The van der Waals surface area contributed by atoms with Crippen LogP contribution < -0.4 is 5.32 Å². The van der Waals surface area contributed by atoms with Crippen LogP contribution in [0.1, 0.15) is 49.4 Å². The number of hydrogen-bond acceptors (Lipinski definition) is 10. The van der Waals surface area contributed by atoms with Gasteiger partial charge in [0.25, 0.3) is 5.92 Å². The summed E-state index contributed by atoms with van der Waals surface area (Å²) in [7, 11) is 0. The Labute approximate surface area is 255 Å². The highest BCUT2D eigenvalue weighted by Gasteiger charge is 2.61. The Kier molecular flexibility index (Phi) is 8.86. The minimum absolute atomic E-state index is 0.00409. The number of thiazole rings is 1. The number of carbonyl (C=O) groups is 2. The van der Waals surface area contributed by atoms with Gasteiger partial charge in [-0.05, 0) is 51.3 Å². The van der Waals surface area contributed by atoms with Crippen LogP contribution >= 0.6 is 11.3 Å². The summed E-state index contributed by atoms with van der Waals surface area (Å²) in [5, 5.41) is 15.9. The number of nitrogens with one attached hydrogen (secondary N) is 1. The van der Waals surface area contributed by atoms with Crippen molar-refractivity contribution < 1.29 is 41.8 Å². The number of ether oxygens (including phenoxy) is 1. The van der Waals surface area contributed by atoms with Crippen LogP contribution in [-0.2, 0) is 19.2 Å². The summed E-state index contributed by atoms with van der Waals surface area (Å²) in [5.41, 5.74) is -0.802. The van der Waals surface area contributed by atoms with Gasteiger partial charge >= 0.3 is 11.9 Å².